The molecule has 0 bridgehead atoms. The van der Waals surface area contributed by atoms with Crippen LogP contribution in [-0.2, 0) is 11.2 Å². The van der Waals surface area contributed by atoms with Crippen molar-refractivity contribution in [3.63, 3.8) is 0 Å². The highest BCUT2D eigenvalue weighted by Gasteiger charge is 2.13. The lowest BCUT2D eigenvalue weighted by Gasteiger charge is -2.01. The minimum absolute atomic E-state index is 0.0566. The topological polar surface area (TPSA) is 109 Å². The van der Waals surface area contributed by atoms with Gasteiger partial charge in [-0.05, 0) is 0 Å². The molecule has 1 atom stereocenters. The van der Waals surface area contributed by atoms with Gasteiger partial charge in [-0.1, -0.05) is 0 Å². The van der Waals surface area contributed by atoms with E-state index in [1.165, 1.54) is 6.07 Å². The summed E-state index contributed by atoms with van der Waals surface area (Å²) in [5, 5.41) is 10.7. The molecule has 4 N–H and O–H groups in total. The van der Waals surface area contributed by atoms with E-state index < -0.39 is 17.6 Å². The zero-order chi connectivity index (χ0) is 9.14. The number of carboxylic acid groups (broad SMARTS) is 1. The van der Waals surface area contributed by atoms with Gasteiger partial charge < -0.3 is 15.4 Å². The summed E-state index contributed by atoms with van der Waals surface area (Å²) in [6.45, 7) is 0. The maximum absolute atomic E-state index is 10.5. The van der Waals surface area contributed by atoms with Crippen molar-refractivity contribution in [3.05, 3.63) is 22.2 Å². The first-order valence-electron chi connectivity index (χ1n) is 3.25. The summed E-state index contributed by atoms with van der Waals surface area (Å²) < 4.78 is 4.32. The molecule has 0 aliphatic heterocycles. The molecule has 1 aromatic heterocycles. The Hall–Kier alpha value is -1.56. The van der Waals surface area contributed by atoms with Crippen molar-refractivity contribution >= 4 is 5.97 Å². The first kappa shape index (κ1) is 8.54. The number of aromatic amines is 1. The maximum atomic E-state index is 10.5. The van der Waals surface area contributed by atoms with E-state index in [0.717, 1.165) is 0 Å². The standard InChI is InChI=1S/C6H8N2O4/c7-4(6(10)11)1-3-2-5(9)12-8-3/h2,4,8H,1,7H2,(H,10,11)/t4-/m1/s1. The van der Waals surface area contributed by atoms with E-state index in [-0.39, 0.29) is 6.42 Å². The van der Waals surface area contributed by atoms with Gasteiger partial charge in [0, 0.05) is 12.5 Å². The highest BCUT2D eigenvalue weighted by Crippen LogP contribution is 1.94. The van der Waals surface area contributed by atoms with Crippen LogP contribution in [-0.4, -0.2) is 22.3 Å². The van der Waals surface area contributed by atoms with E-state index in [9.17, 15) is 9.59 Å². The first-order chi connectivity index (χ1) is 5.59. The average molecular weight is 172 g/mol. The van der Waals surface area contributed by atoms with Crippen molar-refractivity contribution in [2.24, 2.45) is 5.73 Å². The second-order valence-corrected chi connectivity index (χ2v) is 2.34. The van der Waals surface area contributed by atoms with Gasteiger partial charge in [0.15, 0.2) is 0 Å². The van der Waals surface area contributed by atoms with Gasteiger partial charge in [-0.2, -0.15) is 0 Å². The molecule has 1 aromatic rings. The molecule has 1 heterocycles. The Kier molecular flexibility index (Phi) is 2.29. The van der Waals surface area contributed by atoms with Gasteiger partial charge >= 0.3 is 11.6 Å². The van der Waals surface area contributed by atoms with Crippen LogP contribution in [0, 0.1) is 0 Å². The largest absolute Gasteiger partial charge is 0.480 e. The molecule has 0 unspecified atom stereocenters. The fourth-order valence-electron chi connectivity index (χ4n) is 0.742. The average Bonchev–Trinajstić information content (AvgIpc) is 2.35. The second kappa shape index (κ2) is 3.22. The number of aromatic nitrogens is 1. The van der Waals surface area contributed by atoms with Crippen LogP contribution in [0.1, 0.15) is 5.69 Å². The monoisotopic (exact) mass is 172 g/mol. The van der Waals surface area contributed by atoms with Gasteiger partial charge in [0.2, 0.25) is 0 Å². The van der Waals surface area contributed by atoms with Crippen LogP contribution in [0.25, 0.3) is 0 Å². The van der Waals surface area contributed by atoms with Crippen molar-refractivity contribution in [1.82, 2.24) is 5.16 Å². The quantitative estimate of drug-likeness (QED) is 0.537. The number of nitrogens with one attached hydrogen (secondary N) is 1. The summed E-state index contributed by atoms with van der Waals surface area (Å²) >= 11 is 0. The maximum Gasteiger partial charge on any atom is 0.357 e. The van der Waals surface area contributed by atoms with E-state index >= 15 is 0 Å². The summed E-state index contributed by atoms with van der Waals surface area (Å²) in [5.74, 6) is -1.11. The molecule has 66 valence electrons. The molecule has 0 fully saturated rings. The Bertz CT molecular complexity index is 326. The molecule has 0 aromatic carbocycles. The van der Waals surface area contributed by atoms with Crippen LogP contribution in [0.5, 0.6) is 0 Å². The fraction of sp³-hybridized carbons (Fsp3) is 0.333. The highest BCUT2D eigenvalue weighted by atomic mass is 16.5. The predicted molar refractivity (Wildman–Crippen MR) is 38.6 cm³/mol. The third kappa shape index (κ3) is 1.96. The molecule has 0 radical (unpaired) electrons. The van der Waals surface area contributed by atoms with Gasteiger partial charge in [-0.3, -0.25) is 4.79 Å². The molecule has 0 aliphatic carbocycles. The van der Waals surface area contributed by atoms with Crippen molar-refractivity contribution < 1.29 is 14.4 Å². The Morgan fingerprint density at radius 3 is 2.92 bits per heavy atom. The third-order valence-corrected chi connectivity index (χ3v) is 1.33. The Balaban J connectivity index is 2.64. The normalized spacial score (nSPS) is 12.8. The van der Waals surface area contributed by atoms with Crippen molar-refractivity contribution in [1.29, 1.82) is 0 Å². The van der Waals surface area contributed by atoms with Crippen LogP contribution in [0.3, 0.4) is 0 Å². The van der Waals surface area contributed by atoms with E-state index in [1.807, 2.05) is 0 Å². The molecular formula is C6H8N2O4. The van der Waals surface area contributed by atoms with Crippen LogP contribution >= 0.6 is 0 Å². The highest BCUT2D eigenvalue weighted by molar-refractivity contribution is 5.73. The lowest BCUT2D eigenvalue weighted by Crippen LogP contribution is -2.32. The van der Waals surface area contributed by atoms with Crippen LogP contribution in [0.2, 0.25) is 0 Å². The molecule has 0 saturated heterocycles. The van der Waals surface area contributed by atoms with E-state index in [0.29, 0.717) is 5.69 Å². The van der Waals surface area contributed by atoms with Crippen molar-refractivity contribution in [2.75, 3.05) is 0 Å². The summed E-state index contributed by atoms with van der Waals surface area (Å²) in [6, 6.07) is 0.154. The molecule has 6 heteroatoms. The molecule has 0 spiro atoms. The van der Waals surface area contributed by atoms with Crippen LogP contribution in [0.4, 0.5) is 0 Å². The predicted octanol–water partition coefficient (Wildman–Crippen LogP) is -1.08. The van der Waals surface area contributed by atoms with Gasteiger partial charge in [0.1, 0.15) is 6.04 Å². The summed E-state index contributed by atoms with van der Waals surface area (Å²) in [5.41, 5.74) is 5.04. The first-order valence-corrected chi connectivity index (χ1v) is 3.25. The Morgan fingerprint density at radius 2 is 2.50 bits per heavy atom. The van der Waals surface area contributed by atoms with E-state index in [2.05, 4.69) is 9.68 Å². The number of H-pyrrole nitrogens is 1. The van der Waals surface area contributed by atoms with Gasteiger partial charge in [0.05, 0.1) is 5.69 Å². The second-order valence-electron chi connectivity index (χ2n) is 2.34. The summed E-state index contributed by atoms with van der Waals surface area (Å²) in [7, 11) is 0. The van der Waals surface area contributed by atoms with Gasteiger partial charge in [-0.15, -0.1) is 0 Å². The molecular weight excluding hydrogens is 164 g/mol. The third-order valence-electron chi connectivity index (χ3n) is 1.33. The number of rotatable bonds is 3. The number of carbonyl (C=O) groups is 1. The van der Waals surface area contributed by atoms with E-state index in [4.69, 9.17) is 10.8 Å². The summed E-state index contributed by atoms with van der Waals surface area (Å²) in [4.78, 5) is 20.7. The Labute approximate surface area is 66.9 Å². The number of hydrogen-bond donors (Lipinski definition) is 3. The van der Waals surface area contributed by atoms with Gasteiger partial charge in [-0.25, -0.2) is 9.95 Å². The lowest BCUT2D eigenvalue weighted by atomic mass is 10.2. The Morgan fingerprint density at radius 1 is 1.83 bits per heavy atom. The van der Waals surface area contributed by atoms with Crippen molar-refractivity contribution in [2.45, 2.75) is 12.5 Å². The number of nitrogens with two attached hydrogens (primary N) is 1. The van der Waals surface area contributed by atoms with Crippen molar-refractivity contribution in [3.8, 4) is 0 Å². The lowest BCUT2D eigenvalue weighted by molar-refractivity contribution is -0.138. The molecule has 12 heavy (non-hydrogen) atoms. The zero-order valence-electron chi connectivity index (χ0n) is 6.11. The molecule has 0 aliphatic rings. The van der Waals surface area contributed by atoms with E-state index in [1.54, 1.807) is 0 Å². The molecule has 0 saturated carbocycles. The SMILES string of the molecule is N[C@H](Cc1cc(=O)o[nH]1)C(=O)O. The molecule has 1 rings (SSSR count). The fourth-order valence-corrected chi connectivity index (χ4v) is 0.742. The zero-order valence-corrected chi connectivity index (χ0v) is 6.11. The molecule has 0 amide bonds. The number of carboxylic acids is 1. The minimum atomic E-state index is -1.11. The van der Waals surface area contributed by atoms with Crippen LogP contribution in [0.15, 0.2) is 15.4 Å². The summed E-state index contributed by atoms with van der Waals surface area (Å²) in [6.07, 6.45) is 0.0566. The van der Waals surface area contributed by atoms with Crippen LogP contribution < -0.4 is 11.4 Å². The number of aliphatic carboxylic acids is 1. The molecule has 6 nitrogen and oxygen atoms in total. The van der Waals surface area contributed by atoms with Gasteiger partial charge in [0.25, 0.3) is 0 Å². The number of hydrogen-bond acceptors (Lipinski definition) is 4. The smallest absolute Gasteiger partial charge is 0.357 e. The minimum Gasteiger partial charge on any atom is -0.480 e.